The molecule has 0 bridgehead atoms. The van der Waals surface area contributed by atoms with Crippen molar-refractivity contribution in [1.82, 2.24) is 14.9 Å². The topological polar surface area (TPSA) is 123 Å². The third kappa shape index (κ3) is 3.74. The number of hydrogen-bond donors (Lipinski definition) is 0. The Kier molecular flexibility index (Phi) is 5.81. The Balaban J connectivity index is 1.60. The van der Waals surface area contributed by atoms with Crippen LogP contribution in [-0.2, 0) is 4.79 Å². The summed E-state index contributed by atoms with van der Waals surface area (Å²) in [6, 6.07) is 12.2. The van der Waals surface area contributed by atoms with Gasteiger partial charge in [-0.2, -0.15) is 10.5 Å². The van der Waals surface area contributed by atoms with Gasteiger partial charge >= 0.3 is 6.03 Å². The summed E-state index contributed by atoms with van der Waals surface area (Å²) in [6.45, 7) is 0.157. The first kappa shape index (κ1) is 22.4. The number of rotatable bonds is 5. The molecule has 4 heterocycles. The van der Waals surface area contributed by atoms with Gasteiger partial charge in [-0.25, -0.2) is 14.7 Å². The molecule has 3 aromatic rings. The molecule has 1 fully saturated rings. The van der Waals surface area contributed by atoms with Crippen LogP contribution in [0.2, 0.25) is 0 Å². The van der Waals surface area contributed by atoms with Crippen LogP contribution < -0.4 is 9.64 Å². The number of pyridine rings is 2. The maximum Gasteiger partial charge on any atom is 0.332 e. The number of nitriles is 2. The highest BCUT2D eigenvalue weighted by Gasteiger charge is 2.50. The number of aromatic nitrogens is 2. The molecule has 9 nitrogen and oxygen atoms in total. The second-order valence-corrected chi connectivity index (χ2v) is 9.06. The van der Waals surface area contributed by atoms with E-state index in [-0.39, 0.29) is 24.6 Å². The average molecular weight is 483 g/mol. The number of carbonyl (C=O) groups excluding carboxylic acids is 2. The van der Waals surface area contributed by atoms with Gasteiger partial charge in [0.15, 0.2) is 0 Å². The molecule has 172 valence electrons. The standard InChI is InChI=1S/C25H18N6O3S/c1-34-16-9-18(19(11-27)29-13-16)22-10-20-23(35-22)24(32)31(25(33)30(20)8-4-7-26)21-14-28-12-15-5-2-3-6-17(15)21/h2-3,5-6,9-10,12-14,20,23H,4,8H2,1H3. The molecule has 1 saturated heterocycles. The van der Waals surface area contributed by atoms with E-state index in [9.17, 15) is 20.1 Å². The minimum absolute atomic E-state index is 0.114. The minimum atomic E-state index is -0.655. The van der Waals surface area contributed by atoms with Crippen LogP contribution in [0.5, 0.6) is 5.75 Å². The zero-order valence-corrected chi connectivity index (χ0v) is 19.4. The molecule has 0 spiro atoms. The van der Waals surface area contributed by atoms with Gasteiger partial charge in [0.2, 0.25) is 0 Å². The van der Waals surface area contributed by atoms with Gasteiger partial charge in [0.1, 0.15) is 22.8 Å². The molecule has 2 unspecified atom stereocenters. The molecule has 3 amide bonds. The van der Waals surface area contributed by atoms with Crippen molar-refractivity contribution < 1.29 is 14.3 Å². The number of ether oxygens (including phenoxy) is 1. The van der Waals surface area contributed by atoms with Crippen LogP contribution in [0.15, 0.2) is 55.0 Å². The predicted molar refractivity (Wildman–Crippen MR) is 130 cm³/mol. The molecule has 0 N–H and O–H groups in total. The second-order valence-electron chi connectivity index (χ2n) is 7.88. The SMILES string of the molecule is COc1cnc(C#N)c(C2=CC3C(S2)C(=O)N(c2cncc4ccccc24)C(=O)N3CCC#N)c1. The summed E-state index contributed by atoms with van der Waals surface area (Å²) in [5.41, 5.74) is 1.12. The fraction of sp³-hybridized carbons (Fsp3) is 0.200. The molecule has 0 saturated carbocycles. The maximum atomic E-state index is 13.8. The first-order valence-electron chi connectivity index (χ1n) is 10.7. The summed E-state index contributed by atoms with van der Waals surface area (Å²) in [7, 11) is 1.50. The smallest absolute Gasteiger partial charge is 0.332 e. The van der Waals surface area contributed by atoms with Crippen LogP contribution in [0.3, 0.4) is 0 Å². The number of fused-ring (bicyclic) bond motifs is 2. The van der Waals surface area contributed by atoms with E-state index < -0.39 is 17.3 Å². The molecule has 0 aliphatic carbocycles. The van der Waals surface area contributed by atoms with Crippen molar-refractivity contribution in [3.05, 3.63) is 66.3 Å². The second kappa shape index (κ2) is 9.09. The first-order valence-corrected chi connectivity index (χ1v) is 11.6. The Morgan fingerprint density at radius 1 is 1.17 bits per heavy atom. The highest BCUT2D eigenvalue weighted by Crippen LogP contribution is 2.46. The van der Waals surface area contributed by atoms with Crippen molar-refractivity contribution in [2.75, 3.05) is 18.6 Å². The monoisotopic (exact) mass is 482 g/mol. The van der Waals surface area contributed by atoms with E-state index in [4.69, 9.17) is 4.74 Å². The van der Waals surface area contributed by atoms with E-state index in [0.717, 1.165) is 15.7 Å². The highest BCUT2D eigenvalue weighted by molar-refractivity contribution is 8.09. The van der Waals surface area contributed by atoms with E-state index >= 15 is 0 Å². The quantitative estimate of drug-likeness (QED) is 0.539. The molecular weight excluding hydrogens is 464 g/mol. The summed E-state index contributed by atoms with van der Waals surface area (Å²) in [5.74, 6) is 0.0968. The highest BCUT2D eigenvalue weighted by atomic mass is 32.2. The summed E-state index contributed by atoms with van der Waals surface area (Å²) >= 11 is 1.27. The van der Waals surface area contributed by atoms with Crippen LogP contribution in [-0.4, -0.2) is 51.8 Å². The number of benzene rings is 1. The van der Waals surface area contributed by atoms with Gasteiger partial charge in [-0.3, -0.25) is 9.78 Å². The summed E-state index contributed by atoms with van der Waals surface area (Å²) in [4.78, 5) is 39.2. The number of imide groups is 1. The molecule has 2 aliphatic rings. The van der Waals surface area contributed by atoms with Crippen molar-refractivity contribution in [2.24, 2.45) is 0 Å². The summed E-state index contributed by atoms with van der Waals surface area (Å²) < 4.78 is 5.27. The zero-order chi connectivity index (χ0) is 24.5. The van der Waals surface area contributed by atoms with E-state index in [1.165, 1.54) is 36.2 Å². The first-order chi connectivity index (χ1) is 17.1. The lowest BCUT2D eigenvalue weighted by atomic mass is 10.0. The number of amides is 3. The fourth-order valence-corrected chi connectivity index (χ4v) is 5.66. The molecule has 10 heteroatoms. The Labute approximate surface area is 205 Å². The third-order valence-electron chi connectivity index (χ3n) is 5.97. The Bertz CT molecular complexity index is 1470. The van der Waals surface area contributed by atoms with Gasteiger partial charge in [-0.05, 0) is 12.1 Å². The van der Waals surface area contributed by atoms with Crippen LogP contribution >= 0.6 is 11.8 Å². The van der Waals surface area contributed by atoms with Crippen LogP contribution in [0.4, 0.5) is 10.5 Å². The van der Waals surface area contributed by atoms with E-state index in [0.29, 0.717) is 21.9 Å². The third-order valence-corrected chi connectivity index (χ3v) is 7.31. The zero-order valence-electron chi connectivity index (χ0n) is 18.6. The van der Waals surface area contributed by atoms with Gasteiger partial charge in [-0.1, -0.05) is 24.3 Å². The molecule has 5 rings (SSSR count). The average Bonchev–Trinajstić information content (AvgIpc) is 3.34. The largest absolute Gasteiger partial charge is 0.495 e. The van der Waals surface area contributed by atoms with Crippen molar-refractivity contribution in [3.63, 3.8) is 0 Å². The van der Waals surface area contributed by atoms with Crippen molar-refractivity contribution in [1.29, 1.82) is 10.5 Å². The lowest BCUT2D eigenvalue weighted by molar-refractivity contribution is -0.119. The fourth-order valence-electron chi connectivity index (χ4n) is 4.32. The maximum absolute atomic E-state index is 13.8. The lowest BCUT2D eigenvalue weighted by Crippen LogP contribution is -2.62. The van der Waals surface area contributed by atoms with Gasteiger partial charge in [0.25, 0.3) is 5.91 Å². The van der Waals surface area contributed by atoms with Crippen molar-refractivity contribution >= 4 is 45.1 Å². The van der Waals surface area contributed by atoms with Gasteiger partial charge < -0.3 is 9.64 Å². The van der Waals surface area contributed by atoms with Crippen molar-refractivity contribution in [3.8, 4) is 17.9 Å². The lowest BCUT2D eigenvalue weighted by Gasteiger charge is -2.41. The normalized spacial score (nSPS) is 19.2. The number of carbonyl (C=O) groups is 2. The van der Waals surface area contributed by atoms with Gasteiger partial charge in [0, 0.05) is 34.0 Å². The van der Waals surface area contributed by atoms with Crippen molar-refractivity contribution in [2.45, 2.75) is 17.7 Å². The Morgan fingerprint density at radius 3 is 2.77 bits per heavy atom. The molecular formula is C25H18N6O3S. The van der Waals surface area contributed by atoms with Gasteiger partial charge in [-0.15, -0.1) is 11.8 Å². The van der Waals surface area contributed by atoms with Gasteiger partial charge in [0.05, 0.1) is 43.7 Å². The Morgan fingerprint density at radius 2 is 2.00 bits per heavy atom. The summed E-state index contributed by atoms with van der Waals surface area (Å²) in [5, 5.41) is 19.7. The number of methoxy groups -OCH3 is 1. The predicted octanol–water partition coefficient (Wildman–Crippen LogP) is 3.72. The van der Waals surface area contributed by atoms with E-state index in [1.54, 1.807) is 18.3 Å². The number of thioether (sulfide) groups is 1. The number of anilines is 1. The molecule has 0 radical (unpaired) electrons. The molecule has 35 heavy (non-hydrogen) atoms. The van der Waals surface area contributed by atoms with Crippen LogP contribution in [0.1, 0.15) is 17.7 Å². The number of urea groups is 1. The molecule has 2 aliphatic heterocycles. The van der Waals surface area contributed by atoms with E-state index in [1.807, 2.05) is 24.3 Å². The number of nitrogens with zero attached hydrogens (tertiary/aromatic N) is 6. The molecule has 2 aromatic heterocycles. The molecule has 1 aromatic carbocycles. The van der Waals surface area contributed by atoms with Crippen LogP contribution in [0.25, 0.3) is 15.7 Å². The molecule has 2 atom stereocenters. The van der Waals surface area contributed by atoms with Crippen LogP contribution in [0, 0.1) is 22.7 Å². The Hall–Kier alpha value is -4.41. The summed E-state index contributed by atoms with van der Waals surface area (Å²) in [6.07, 6.45) is 6.56. The van der Waals surface area contributed by atoms with E-state index in [2.05, 4.69) is 22.1 Å². The number of hydrogen-bond acceptors (Lipinski definition) is 8. The minimum Gasteiger partial charge on any atom is -0.495 e.